The fraction of sp³-hybridized carbons (Fsp3) is 0.167. The molecular formula is C18H14F4N2O3S. The minimum atomic E-state index is -4.70. The minimum Gasteiger partial charge on any atom is -0.351 e. The van der Waals surface area contributed by atoms with Crippen LogP contribution in [0.5, 0.6) is 0 Å². The third-order valence-electron chi connectivity index (χ3n) is 4.00. The number of hydrogen-bond acceptors (Lipinski definition) is 4. The number of anilines is 1. The zero-order valence-electron chi connectivity index (χ0n) is 14.6. The van der Waals surface area contributed by atoms with Crippen LogP contribution in [0.1, 0.15) is 16.9 Å². The Balaban J connectivity index is 2.00. The molecule has 0 amide bonds. The summed E-state index contributed by atoms with van der Waals surface area (Å²) in [7, 11) is -4.08. The Hall–Kier alpha value is -2.88. The van der Waals surface area contributed by atoms with Crippen molar-refractivity contribution in [2.45, 2.75) is 24.9 Å². The second-order valence-electron chi connectivity index (χ2n) is 6.12. The number of nitrogens with one attached hydrogen (secondary N) is 1. The van der Waals surface area contributed by atoms with Crippen LogP contribution >= 0.6 is 0 Å². The normalized spacial score (nSPS) is 12.2. The number of benzene rings is 2. The highest BCUT2D eigenvalue weighted by Crippen LogP contribution is 2.33. The zero-order valence-corrected chi connectivity index (χ0v) is 15.5. The number of sulfonamides is 1. The maximum Gasteiger partial charge on any atom is 0.452 e. The van der Waals surface area contributed by atoms with Crippen molar-refractivity contribution in [1.29, 1.82) is 0 Å². The molecule has 10 heteroatoms. The minimum absolute atomic E-state index is 0.140. The van der Waals surface area contributed by atoms with Crippen LogP contribution in [0, 0.1) is 19.7 Å². The molecule has 1 heterocycles. The monoisotopic (exact) mass is 414 g/mol. The van der Waals surface area contributed by atoms with Crippen LogP contribution in [0.4, 0.5) is 23.2 Å². The van der Waals surface area contributed by atoms with Crippen LogP contribution in [0.3, 0.4) is 0 Å². The zero-order chi connectivity index (χ0) is 20.7. The van der Waals surface area contributed by atoms with E-state index in [4.69, 9.17) is 0 Å². The first-order valence-electron chi connectivity index (χ1n) is 7.91. The highest BCUT2D eigenvalue weighted by atomic mass is 32.2. The summed E-state index contributed by atoms with van der Waals surface area (Å²) in [6, 6.07) is 8.36. The van der Waals surface area contributed by atoms with Crippen molar-refractivity contribution >= 4 is 15.7 Å². The molecule has 0 radical (unpaired) electrons. The Kier molecular flexibility index (Phi) is 4.92. The first-order chi connectivity index (χ1) is 13.0. The summed E-state index contributed by atoms with van der Waals surface area (Å²) in [4.78, 5) is -0.148. The van der Waals surface area contributed by atoms with Gasteiger partial charge < -0.3 is 4.52 Å². The van der Waals surface area contributed by atoms with Crippen molar-refractivity contribution in [1.82, 2.24) is 5.16 Å². The largest absolute Gasteiger partial charge is 0.452 e. The summed E-state index contributed by atoms with van der Waals surface area (Å²) in [5.41, 5.74) is 0.925. The quantitative estimate of drug-likeness (QED) is 0.616. The molecule has 0 unspecified atom stereocenters. The van der Waals surface area contributed by atoms with Gasteiger partial charge in [0.1, 0.15) is 11.5 Å². The van der Waals surface area contributed by atoms with Crippen LogP contribution in [-0.4, -0.2) is 13.6 Å². The van der Waals surface area contributed by atoms with Gasteiger partial charge in [-0.2, -0.15) is 13.2 Å². The third kappa shape index (κ3) is 4.01. The van der Waals surface area contributed by atoms with Crippen LogP contribution < -0.4 is 4.72 Å². The summed E-state index contributed by atoms with van der Waals surface area (Å²) >= 11 is 0. The molecule has 0 fully saturated rings. The van der Waals surface area contributed by atoms with Gasteiger partial charge in [-0.05, 0) is 49.2 Å². The second-order valence-corrected chi connectivity index (χ2v) is 7.77. The van der Waals surface area contributed by atoms with Crippen molar-refractivity contribution in [3.8, 4) is 11.3 Å². The molecule has 148 valence electrons. The molecule has 3 aromatic rings. The van der Waals surface area contributed by atoms with Crippen molar-refractivity contribution in [3.05, 3.63) is 65.2 Å². The summed E-state index contributed by atoms with van der Waals surface area (Å²) in [5.74, 6) is -1.79. The summed E-state index contributed by atoms with van der Waals surface area (Å²) in [5, 5.41) is 3.36. The van der Waals surface area contributed by atoms with Gasteiger partial charge in [-0.1, -0.05) is 17.3 Å². The van der Waals surface area contributed by atoms with E-state index in [1.165, 1.54) is 37.3 Å². The molecule has 0 aliphatic rings. The molecule has 1 aromatic heterocycles. The number of rotatable bonds is 4. The van der Waals surface area contributed by atoms with Gasteiger partial charge in [-0.15, -0.1) is 0 Å². The van der Waals surface area contributed by atoms with Gasteiger partial charge in [0.15, 0.2) is 0 Å². The topological polar surface area (TPSA) is 72.2 Å². The average molecular weight is 414 g/mol. The van der Waals surface area contributed by atoms with Crippen molar-refractivity contribution in [2.24, 2.45) is 0 Å². The van der Waals surface area contributed by atoms with E-state index in [-0.39, 0.29) is 21.8 Å². The van der Waals surface area contributed by atoms with E-state index in [1.807, 2.05) is 0 Å². The standard InChI is InChI=1S/C18H14F4N2O3S/c1-10-3-4-12(15-9-17(27-23-15)18(20,21)22)8-16(10)28(25,26)24-14-6-5-13(19)7-11(14)2/h3-9,24H,1-2H3. The molecule has 0 saturated carbocycles. The lowest BCUT2D eigenvalue weighted by atomic mass is 10.1. The molecule has 0 atom stereocenters. The lowest BCUT2D eigenvalue weighted by Gasteiger charge is -2.13. The lowest BCUT2D eigenvalue weighted by Crippen LogP contribution is -2.15. The van der Waals surface area contributed by atoms with Crippen molar-refractivity contribution in [3.63, 3.8) is 0 Å². The van der Waals surface area contributed by atoms with Gasteiger partial charge in [-0.3, -0.25) is 4.72 Å². The van der Waals surface area contributed by atoms with Crippen LogP contribution in [0.25, 0.3) is 11.3 Å². The number of aryl methyl sites for hydroxylation is 2. The van der Waals surface area contributed by atoms with E-state index in [1.54, 1.807) is 6.92 Å². The molecular weight excluding hydrogens is 400 g/mol. The van der Waals surface area contributed by atoms with Crippen molar-refractivity contribution < 1.29 is 30.5 Å². The Labute approximate surface area is 158 Å². The fourth-order valence-electron chi connectivity index (χ4n) is 2.54. The van der Waals surface area contributed by atoms with Crippen LogP contribution in [0.15, 0.2) is 51.9 Å². The van der Waals surface area contributed by atoms with E-state index in [9.17, 15) is 26.0 Å². The molecule has 5 nitrogen and oxygen atoms in total. The molecule has 2 aromatic carbocycles. The Morgan fingerprint density at radius 1 is 1.00 bits per heavy atom. The van der Waals surface area contributed by atoms with E-state index in [0.717, 1.165) is 6.07 Å². The predicted octanol–water partition coefficient (Wildman–Crippen LogP) is 4.92. The Bertz CT molecular complexity index is 1140. The van der Waals surface area contributed by atoms with E-state index >= 15 is 0 Å². The van der Waals surface area contributed by atoms with E-state index in [2.05, 4.69) is 14.4 Å². The first kappa shape index (κ1) is 19.9. The van der Waals surface area contributed by atoms with Gasteiger partial charge in [0.25, 0.3) is 10.0 Å². The van der Waals surface area contributed by atoms with Crippen molar-refractivity contribution in [2.75, 3.05) is 4.72 Å². The number of alkyl halides is 3. The molecule has 0 saturated heterocycles. The SMILES string of the molecule is Cc1cc(F)ccc1NS(=O)(=O)c1cc(-c2cc(C(F)(F)F)on2)ccc1C. The Morgan fingerprint density at radius 3 is 2.32 bits per heavy atom. The molecule has 3 rings (SSSR count). The summed E-state index contributed by atoms with van der Waals surface area (Å²) in [6.45, 7) is 3.08. The number of aromatic nitrogens is 1. The highest BCUT2D eigenvalue weighted by molar-refractivity contribution is 7.92. The number of halogens is 4. The number of nitrogens with zero attached hydrogens (tertiary/aromatic N) is 1. The van der Waals surface area contributed by atoms with Gasteiger partial charge in [0.05, 0.1) is 10.6 Å². The third-order valence-corrected chi connectivity index (χ3v) is 5.50. The van der Waals surface area contributed by atoms with Gasteiger partial charge in [-0.25, -0.2) is 12.8 Å². The average Bonchev–Trinajstić information content (AvgIpc) is 3.08. The highest BCUT2D eigenvalue weighted by Gasteiger charge is 2.36. The lowest BCUT2D eigenvalue weighted by molar-refractivity contribution is -0.155. The molecule has 0 spiro atoms. The molecule has 0 aliphatic carbocycles. The molecule has 1 N–H and O–H groups in total. The maximum absolute atomic E-state index is 13.2. The summed E-state index contributed by atoms with van der Waals surface area (Å²) in [6.07, 6.45) is -4.70. The van der Waals surface area contributed by atoms with Crippen LogP contribution in [-0.2, 0) is 16.2 Å². The second kappa shape index (κ2) is 6.93. The maximum atomic E-state index is 13.2. The van der Waals surface area contributed by atoms with Gasteiger partial charge in [0, 0.05) is 11.6 Å². The Morgan fingerprint density at radius 2 is 1.71 bits per heavy atom. The molecule has 0 aliphatic heterocycles. The van der Waals surface area contributed by atoms with Gasteiger partial charge >= 0.3 is 6.18 Å². The smallest absolute Gasteiger partial charge is 0.351 e. The van der Waals surface area contributed by atoms with Gasteiger partial charge in [0.2, 0.25) is 5.76 Å². The molecule has 0 bridgehead atoms. The summed E-state index contributed by atoms with van der Waals surface area (Å²) < 4.78 is 83.5. The van der Waals surface area contributed by atoms with E-state index in [0.29, 0.717) is 17.2 Å². The van der Waals surface area contributed by atoms with E-state index < -0.39 is 27.8 Å². The first-order valence-corrected chi connectivity index (χ1v) is 9.39. The fourth-order valence-corrected chi connectivity index (χ4v) is 3.94. The molecule has 28 heavy (non-hydrogen) atoms. The predicted molar refractivity (Wildman–Crippen MR) is 93.6 cm³/mol. The number of hydrogen-bond donors (Lipinski definition) is 1. The van der Waals surface area contributed by atoms with Crippen LogP contribution in [0.2, 0.25) is 0 Å².